The van der Waals surface area contributed by atoms with Gasteiger partial charge >= 0.3 is 0 Å². The van der Waals surface area contributed by atoms with Crippen molar-refractivity contribution in [2.75, 3.05) is 16.8 Å². The molecule has 0 fully saturated rings. The zero-order valence-electron chi connectivity index (χ0n) is 20.3. The summed E-state index contributed by atoms with van der Waals surface area (Å²) in [6.45, 7) is 10.7. The minimum absolute atomic E-state index is 0.274. The number of nitrogens with one attached hydrogen (secondary N) is 1. The van der Waals surface area contributed by atoms with Gasteiger partial charge in [0.05, 0.1) is 17.9 Å². The number of carbonyl (C=O) groups excluding carboxylic acids is 2. The van der Waals surface area contributed by atoms with Crippen molar-refractivity contribution >= 4 is 28.8 Å². The molecule has 2 amide bonds. The maximum Gasteiger partial charge on any atom is 0.282 e. The number of imide groups is 1. The normalized spacial score (nSPS) is 13.8. The van der Waals surface area contributed by atoms with E-state index >= 15 is 0 Å². The van der Waals surface area contributed by atoms with E-state index in [0.29, 0.717) is 29.3 Å². The standard InChI is InChI=1S/C29H30N2O3/c1-18(2)17-34-24-14-12-22(13-15-24)26-27(30-25-11-7-9-20(4)21(25)5)29(33)31(28(26)32)23-10-6-8-19(3)16-23/h6-16,18,30H,17H2,1-5H3. The Morgan fingerprint density at radius 2 is 1.59 bits per heavy atom. The van der Waals surface area contributed by atoms with Gasteiger partial charge in [0.15, 0.2) is 0 Å². The second kappa shape index (κ2) is 9.56. The fourth-order valence-electron chi connectivity index (χ4n) is 3.92. The third kappa shape index (κ3) is 4.60. The van der Waals surface area contributed by atoms with Crippen molar-refractivity contribution in [3.63, 3.8) is 0 Å². The van der Waals surface area contributed by atoms with Crippen LogP contribution in [0.4, 0.5) is 11.4 Å². The lowest BCUT2D eigenvalue weighted by Crippen LogP contribution is -2.32. The number of hydrogen-bond donors (Lipinski definition) is 1. The van der Waals surface area contributed by atoms with Crippen LogP contribution < -0.4 is 15.0 Å². The SMILES string of the molecule is Cc1cccc(N2C(=O)C(Nc3cccc(C)c3C)=C(c3ccc(OCC(C)C)cc3)C2=O)c1. The van der Waals surface area contributed by atoms with Gasteiger partial charge in [-0.1, -0.05) is 50.2 Å². The van der Waals surface area contributed by atoms with E-state index in [4.69, 9.17) is 4.74 Å². The Morgan fingerprint density at radius 1 is 0.882 bits per heavy atom. The highest BCUT2D eigenvalue weighted by Crippen LogP contribution is 2.35. The molecule has 5 heteroatoms. The molecule has 0 radical (unpaired) electrons. The number of carbonyl (C=O) groups is 2. The van der Waals surface area contributed by atoms with Crippen molar-refractivity contribution in [3.05, 3.63) is 94.7 Å². The lowest BCUT2D eigenvalue weighted by atomic mass is 10.0. The number of aryl methyl sites for hydroxylation is 2. The summed E-state index contributed by atoms with van der Waals surface area (Å²) in [4.78, 5) is 28.5. The first-order valence-corrected chi connectivity index (χ1v) is 11.5. The van der Waals surface area contributed by atoms with Gasteiger partial charge in [-0.15, -0.1) is 0 Å². The molecule has 0 saturated heterocycles. The van der Waals surface area contributed by atoms with E-state index in [1.165, 1.54) is 4.90 Å². The summed E-state index contributed by atoms with van der Waals surface area (Å²) >= 11 is 0. The van der Waals surface area contributed by atoms with Gasteiger partial charge in [0.1, 0.15) is 11.4 Å². The molecule has 1 N–H and O–H groups in total. The predicted octanol–water partition coefficient (Wildman–Crippen LogP) is 6.04. The Balaban J connectivity index is 1.77. The highest BCUT2D eigenvalue weighted by Gasteiger charge is 2.40. The van der Waals surface area contributed by atoms with Crippen molar-refractivity contribution in [2.24, 2.45) is 5.92 Å². The van der Waals surface area contributed by atoms with E-state index in [0.717, 1.165) is 28.1 Å². The molecule has 0 aliphatic carbocycles. The molecule has 34 heavy (non-hydrogen) atoms. The van der Waals surface area contributed by atoms with Gasteiger partial charge in [-0.05, 0) is 79.3 Å². The summed E-state index contributed by atoms with van der Waals surface area (Å²) in [5.74, 6) is 0.424. The number of nitrogens with zero attached hydrogens (tertiary/aromatic N) is 1. The second-order valence-corrected chi connectivity index (χ2v) is 9.14. The Bertz CT molecular complexity index is 1270. The van der Waals surface area contributed by atoms with Crippen molar-refractivity contribution in [2.45, 2.75) is 34.6 Å². The van der Waals surface area contributed by atoms with E-state index in [1.54, 1.807) is 6.07 Å². The highest BCUT2D eigenvalue weighted by atomic mass is 16.5. The van der Waals surface area contributed by atoms with Crippen LogP contribution in [0, 0.1) is 26.7 Å². The lowest BCUT2D eigenvalue weighted by molar-refractivity contribution is -0.120. The average molecular weight is 455 g/mol. The summed E-state index contributed by atoms with van der Waals surface area (Å²) in [6.07, 6.45) is 0. The summed E-state index contributed by atoms with van der Waals surface area (Å²) in [7, 11) is 0. The fraction of sp³-hybridized carbons (Fsp3) is 0.241. The molecule has 0 bridgehead atoms. The van der Waals surface area contributed by atoms with Crippen molar-refractivity contribution in [1.82, 2.24) is 0 Å². The number of hydrogen-bond acceptors (Lipinski definition) is 4. The van der Waals surface area contributed by atoms with E-state index in [-0.39, 0.29) is 17.5 Å². The van der Waals surface area contributed by atoms with Gasteiger partial charge < -0.3 is 10.1 Å². The maximum atomic E-state index is 13.7. The summed E-state index contributed by atoms with van der Waals surface area (Å²) in [6, 6.07) is 20.6. The number of anilines is 2. The molecule has 0 saturated carbocycles. The fourth-order valence-corrected chi connectivity index (χ4v) is 3.92. The minimum atomic E-state index is -0.369. The molecule has 174 valence electrons. The molecule has 0 unspecified atom stereocenters. The van der Waals surface area contributed by atoms with Crippen LogP contribution in [0.15, 0.2) is 72.4 Å². The third-order valence-electron chi connectivity index (χ3n) is 5.93. The van der Waals surface area contributed by atoms with Crippen molar-refractivity contribution in [3.8, 4) is 5.75 Å². The van der Waals surface area contributed by atoms with Gasteiger partial charge in [-0.25, -0.2) is 4.90 Å². The van der Waals surface area contributed by atoms with Crippen LogP contribution in [-0.4, -0.2) is 18.4 Å². The first kappa shape index (κ1) is 23.3. The summed E-state index contributed by atoms with van der Waals surface area (Å²) < 4.78 is 5.79. The average Bonchev–Trinajstić information content (AvgIpc) is 3.05. The predicted molar refractivity (Wildman–Crippen MR) is 137 cm³/mol. The zero-order chi connectivity index (χ0) is 24.4. The van der Waals surface area contributed by atoms with Crippen LogP contribution >= 0.6 is 0 Å². The molecule has 1 heterocycles. The van der Waals surface area contributed by atoms with E-state index in [1.807, 2.05) is 81.4 Å². The van der Waals surface area contributed by atoms with E-state index in [2.05, 4.69) is 19.2 Å². The van der Waals surface area contributed by atoms with E-state index in [9.17, 15) is 9.59 Å². The lowest BCUT2D eigenvalue weighted by Gasteiger charge is -2.16. The largest absolute Gasteiger partial charge is 0.493 e. The van der Waals surface area contributed by atoms with Crippen LogP contribution in [0.25, 0.3) is 5.57 Å². The molecule has 3 aromatic rings. The Labute approximate surface area is 201 Å². The van der Waals surface area contributed by atoms with Crippen LogP contribution in [0.5, 0.6) is 5.75 Å². The molecular weight excluding hydrogens is 424 g/mol. The van der Waals surface area contributed by atoms with Crippen LogP contribution in [0.1, 0.15) is 36.1 Å². The molecule has 4 rings (SSSR count). The third-order valence-corrected chi connectivity index (χ3v) is 5.93. The molecule has 1 aliphatic heterocycles. The van der Waals surface area contributed by atoms with Gasteiger partial charge in [0, 0.05) is 5.69 Å². The van der Waals surface area contributed by atoms with Crippen LogP contribution in [0.2, 0.25) is 0 Å². The smallest absolute Gasteiger partial charge is 0.282 e. The highest BCUT2D eigenvalue weighted by molar-refractivity contribution is 6.46. The first-order valence-electron chi connectivity index (χ1n) is 11.5. The second-order valence-electron chi connectivity index (χ2n) is 9.14. The number of ether oxygens (including phenoxy) is 1. The summed E-state index contributed by atoms with van der Waals surface area (Å²) in [5, 5.41) is 3.28. The molecule has 1 aliphatic rings. The quantitative estimate of drug-likeness (QED) is 0.442. The Morgan fingerprint density at radius 3 is 2.26 bits per heavy atom. The molecule has 5 nitrogen and oxygen atoms in total. The van der Waals surface area contributed by atoms with Crippen molar-refractivity contribution < 1.29 is 14.3 Å². The zero-order valence-corrected chi connectivity index (χ0v) is 20.3. The van der Waals surface area contributed by atoms with Gasteiger partial charge in [-0.2, -0.15) is 0 Å². The monoisotopic (exact) mass is 454 g/mol. The molecule has 3 aromatic carbocycles. The van der Waals surface area contributed by atoms with E-state index < -0.39 is 0 Å². The topological polar surface area (TPSA) is 58.6 Å². The summed E-state index contributed by atoms with van der Waals surface area (Å²) in [5.41, 5.74) is 5.75. The van der Waals surface area contributed by atoms with Gasteiger partial charge in [0.25, 0.3) is 11.8 Å². The number of benzene rings is 3. The Hall–Kier alpha value is -3.86. The molecule has 0 spiro atoms. The van der Waals surface area contributed by atoms with Gasteiger partial charge in [0.2, 0.25) is 0 Å². The molecule has 0 aromatic heterocycles. The maximum absolute atomic E-state index is 13.7. The first-order chi connectivity index (χ1) is 16.3. The number of amides is 2. The van der Waals surface area contributed by atoms with Crippen molar-refractivity contribution in [1.29, 1.82) is 0 Å². The van der Waals surface area contributed by atoms with Crippen LogP contribution in [0.3, 0.4) is 0 Å². The molecule has 0 atom stereocenters. The Kier molecular flexibility index (Phi) is 6.55. The minimum Gasteiger partial charge on any atom is -0.493 e. The van der Waals surface area contributed by atoms with Crippen LogP contribution in [-0.2, 0) is 9.59 Å². The number of rotatable bonds is 7. The molecular formula is C29H30N2O3. The van der Waals surface area contributed by atoms with Gasteiger partial charge in [-0.3, -0.25) is 9.59 Å².